The zero-order chi connectivity index (χ0) is 21.5. The number of amides is 1. The number of carbonyl (C=O) groups excluding carboxylic acids is 2. The standard InChI is InChI=1S/C22H23N3O5/c1-30-21(28)16-10-5-7-12-18(16)23-19(26)13-3-2-8-14-25-20(27)15-9-4-6-11-17(15)24-22(25)29/h4-7,9-12H,2-3,8,13-14H2,1H3,(H,23,26)(H,24,29). The van der Waals surface area contributed by atoms with E-state index in [1.54, 1.807) is 48.5 Å². The summed E-state index contributed by atoms with van der Waals surface area (Å²) in [5.74, 6) is -0.732. The van der Waals surface area contributed by atoms with Gasteiger partial charge in [-0.3, -0.25) is 14.2 Å². The lowest BCUT2D eigenvalue weighted by molar-refractivity contribution is -0.116. The van der Waals surface area contributed by atoms with E-state index < -0.39 is 11.7 Å². The molecule has 3 rings (SSSR count). The summed E-state index contributed by atoms with van der Waals surface area (Å²) >= 11 is 0. The van der Waals surface area contributed by atoms with Crippen LogP contribution >= 0.6 is 0 Å². The molecule has 0 fully saturated rings. The van der Waals surface area contributed by atoms with E-state index in [9.17, 15) is 19.2 Å². The van der Waals surface area contributed by atoms with Crippen LogP contribution in [0.2, 0.25) is 0 Å². The monoisotopic (exact) mass is 409 g/mol. The van der Waals surface area contributed by atoms with E-state index in [1.165, 1.54) is 11.7 Å². The number of ether oxygens (including phenoxy) is 1. The largest absolute Gasteiger partial charge is 0.465 e. The summed E-state index contributed by atoms with van der Waals surface area (Å²) < 4.78 is 5.90. The zero-order valence-electron chi connectivity index (χ0n) is 16.6. The average molecular weight is 409 g/mol. The zero-order valence-corrected chi connectivity index (χ0v) is 16.6. The number of para-hydroxylation sites is 2. The highest BCUT2D eigenvalue weighted by Crippen LogP contribution is 2.16. The molecule has 8 heteroatoms. The van der Waals surface area contributed by atoms with Gasteiger partial charge in [-0.1, -0.05) is 30.7 Å². The van der Waals surface area contributed by atoms with Crippen LogP contribution in [0.3, 0.4) is 0 Å². The van der Waals surface area contributed by atoms with E-state index in [0.717, 1.165) is 0 Å². The number of esters is 1. The van der Waals surface area contributed by atoms with Gasteiger partial charge >= 0.3 is 11.7 Å². The van der Waals surface area contributed by atoms with Gasteiger partial charge < -0.3 is 15.0 Å². The van der Waals surface area contributed by atoms with Crippen molar-refractivity contribution in [2.75, 3.05) is 12.4 Å². The predicted octanol–water partition coefficient (Wildman–Crippen LogP) is 2.68. The number of fused-ring (bicyclic) bond motifs is 1. The molecule has 1 aromatic heterocycles. The van der Waals surface area contributed by atoms with E-state index in [0.29, 0.717) is 41.4 Å². The molecule has 0 atom stereocenters. The Bertz CT molecular complexity index is 1180. The van der Waals surface area contributed by atoms with E-state index >= 15 is 0 Å². The highest BCUT2D eigenvalue weighted by atomic mass is 16.5. The molecule has 0 aliphatic carbocycles. The van der Waals surface area contributed by atoms with Gasteiger partial charge in [0.2, 0.25) is 5.91 Å². The fraction of sp³-hybridized carbons (Fsp3) is 0.273. The lowest BCUT2D eigenvalue weighted by Crippen LogP contribution is -2.35. The Hall–Kier alpha value is -3.68. The van der Waals surface area contributed by atoms with E-state index in [1.807, 2.05) is 0 Å². The number of aromatic nitrogens is 2. The van der Waals surface area contributed by atoms with E-state index in [4.69, 9.17) is 4.74 Å². The number of H-pyrrole nitrogens is 1. The van der Waals surface area contributed by atoms with Crippen molar-refractivity contribution in [2.24, 2.45) is 0 Å². The number of carbonyl (C=O) groups is 2. The second-order valence-electron chi connectivity index (χ2n) is 6.83. The van der Waals surface area contributed by atoms with Gasteiger partial charge in [0.15, 0.2) is 0 Å². The second kappa shape index (κ2) is 9.69. The summed E-state index contributed by atoms with van der Waals surface area (Å²) in [6.07, 6.45) is 2.11. The minimum atomic E-state index is -0.517. The number of rotatable bonds is 8. The van der Waals surface area contributed by atoms with E-state index in [-0.39, 0.29) is 24.4 Å². The molecule has 0 aliphatic rings. The maximum absolute atomic E-state index is 12.5. The fourth-order valence-electron chi connectivity index (χ4n) is 3.23. The third kappa shape index (κ3) is 4.83. The quantitative estimate of drug-likeness (QED) is 0.439. The van der Waals surface area contributed by atoms with E-state index in [2.05, 4.69) is 10.3 Å². The predicted molar refractivity (Wildman–Crippen MR) is 114 cm³/mol. The number of methoxy groups -OCH3 is 1. The molecule has 2 N–H and O–H groups in total. The highest BCUT2D eigenvalue weighted by molar-refractivity contribution is 6.01. The first-order valence-electron chi connectivity index (χ1n) is 9.70. The number of nitrogens with zero attached hydrogens (tertiary/aromatic N) is 1. The molecule has 0 aliphatic heterocycles. The van der Waals surface area contributed by atoms with Crippen molar-refractivity contribution >= 4 is 28.5 Å². The molecule has 2 aromatic carbocycles. The number of aromatic amines is 1. The lowest BCUT2D eigenvalue weighted by Gasteiger charge is -2.10. The lowest BCUT2D eigenvalue weighted by atomic mass is 10.1. The van der Waals surface area contributed by atoms with Crippen molar-refractivity contribution in [3.8, 4) is 0 Å². The van der Waals surface area contributed by atoms with Crippen molar-refractivity contribution in [1.29, 1.82) is 0 Å². The Balaban J connectivity index is 1.51. The molecule has 0 bridgehead atoms. The summed E-state index contributed by atoms with van der Waals surface area (Å²) in [5.41, 5.74) is 0.474. The van der Waals surface area contributed by atoms with Gasteiger partial charge in [-0.2, -0.15) is 0 Å². The van der Waals surface area contributed by atoms with Crippen molar-refractivity contribution in [1.82, 2.24) is 9.55 Å². The van der Waals surface area contributed by atoms with Gasteiger partial charge in [-0.25, -0.2) is 9.59 Å². The Morgan fingerprint density at radius 3 is 2.53 bits per heavy atom. The number of nitrogens with one attached hydrogen (secondary N) is 2. The third-order valence-electron chi connectivity index (χ3n) is 4.78. The summed E-state index contributed by atoms with van der Waals surface area (Å²) in [6.45, 7) is 0.284. The number of benzene rings is 2. The maximum Gasteiger partial charge on any atom is 0.339 e. The molecule has 3 aromatic rings. The first-order valence-corrected chi connectivity index (χ1v) is 9.70. The van der Waals surface area contributed by atoms with Gasteiger partial charge in [0.25, 0.3) is 5.56 Å². The van der Waals surface area contributed by atoms with Gasteiger partial charge in [0, 0.05) is 13.0 Å². The van der Waals surface area contributed by atoms with Gasteiger partial charge in [-0.05, 0) is 37.1 Å². The molecule has 30 heavy (non-hydrogen) atoms. The SMILES string of the molecule is COC(=O)c1ccccc1NC(=O)CCCCCn1c(=O)[nH]c2ccccc2c1=O. The minimum Gasteiger partial charge on any atom is -0.465 e. The minimum absolute atomic E-state index is 0.216. The van der Waals surface area contributed by atoms with Crippen molar-refractivity contribution in [2.45, 2.75) is 32.2 Å². The van der Waals surface area contributed by atoms with Crippen LogP contribution in [0.15, 0.2) is 58.1 Å². The smallest absolute Gasteiger partial charge is 0.339 e. The number of anilines is 1. The molecule has 0 unspecified atom stereocenters. The topological polar surface area (TPSA) is 110 Å². The van der Waals surface area contributed by atoms with Gasteiger partial charge in [-0.15, -0.1) is 0 Å². The molecular formula is C22H23N3O5. The second-order valence-corrected chi connectivity index (χ2v) is 6.83. The van der Waals surface area contributed by atoms with Crippen molar-refractivity contribution < 1.29 is 14.3 Å². The van der Waals surface area contributed by atoms with Gasteiger partial charge in [0.05, 0.1) is 29.3 Å². The van der Waals surface area contributed by atoms with Gasteiger partial charge in [0.1, 0.15) is 0 Å². The molecular weight excluding hydrogens is 386 g/mol. The number of unbranched alkanes of at least 4 members (excludes halogenated alkanes) is 2. The molecule has 1 heterocycles. The van der Waals surface area contributed by atoms with Crippen LogP contribution in [0.1, 0.15) is 36.0 Å². The summed E-state index contributed by atoms with van der Waals surface area (Å²) in [5, 5.41) is 3.20. The normalized spacial score (nSPS) is 10.7. The average Bonchev–Trinajstić information content (AvgIpc) is 2.75. The Morgan fingerprint density at radius 1 is 1.00 bits per heavy atom. The Morgan fingerprint density at radius 2 is 1.73 bits per heavy atom. The first-order chi connectivity index (χ1) is 14.5. The molecule has 0 saturated carbocycles. The van der Waals surface area contributed by atoms with Crippen molar-refractivity contribution in [3.05, 3.63) is 74.9 Å². The van der Waals surface area contributed by atoms with Crippen LogP contribution in [0, 0.1) is 0 Å². The molecule has 0 saturated heterocycles. The van der Waals surface area contributed by atoms with Crippen LogP contribution in [0.5, 0.6) is 0 Å². The van der Waals surface area contributed by atoms with Crippen LogP contribution in [-0.4, -0.2) is 28.5 Å². The van der Waals surface area contributed by atoms with Crippen LogP contribution < -0.4 is 16.6 Å². The highest BCUT2D eigenvalue weighted by Gasteiger charge is 2.13. The Kier molecular flexibility index (Phi) is 6.79. The molecule has 156 valence electrons. The van der Waals surface area contributed by atoms with Crippen LogP contribution in [0.25, 0.3) is 10.9 Å². The molecule has 1 amide bonds. The summed E-state index contributed by atoms with van der Waals surface area (Å²) in [7, 11) is 1.28. The number of hydrogen-bond acceptors (Lipinski definition) is 5. The Labute approximate surface area is 172 Å². The molecule has 8 nitrogen and oxygen atoms in total. The maximum atomic E-state index is 12.5. The molecule has 0 spiro atoms. The first kappa shape index (κ1) is 21.0. The fourth-order valence-corrected chi connectivity index (χ4v) is 3.23. The number of hydrogen-bond donors (Lipinski definition) is 2. The summed E-state index contributed by atoms with van der Waals surface area (Å²) in [4.78, 5) is 51.3. The van der Waals surface area contributed by atoms with Crippen LogP contribution in [0.4, 0.5) is 5.69 Å². The molecule has 0 radical (unpaired) electrons. The summed E-state index contributed by atoms with van der Waals surface area (Å²) in [6, 6.07) is 13.5. The third-order valence-corrected chi connectivity index (χ3v) is 4.78. The van der Waals surface area contributed by atoms with Crippen LogP contribution in [-0.2, 0) is 16.1 Å². The van der Waals surface area contributed by atoms with Crippen molar-refractivity contribution in [3.63, 3.8) is 0 Å².